The molecular weight excluding hydrogens is 264 g/mol. The molecule has 0 nitrogen and oxygen atoms in total. The fourth-order valence-electron chi connectivity index (χ4n) is 2.88. The van der Waals surface area contributed by atoms with Crippen molar-refractivity contribution < 1.29 is 0 Å². The summed E-state index contributed by atoms with van der Waals surface area (Å²) >= 11 is 0. The van der Waals surface area contributed by atoms with Crippen LogP contribution >= 0.6 is 0 Å². The molecule has 0 saturated carbocycles. The number of benzene rings is 3. The summed E-state index contributed by atoms with van der Waals surface area (Å²) in [6.07, 6.45) is 5.90. The Morgan fingerprint density at radius 2 is 1.32 bits per heavy atom. The number of rotatable bonds is 2. The maximum Gasteiger partial charge on any atom is 0.0402 e. The Hall–Kier alpha value is -2.78. The Morgan fingerprint density at radius 1 is 0.773 bits per heavy atom. The van der Waals surface area contributed by atoms with Gasteiger partial charge in [-0.3, -0.25) is 0 Å². The average molecular weight is 282 g/mol. The molecule has 0 amide bonds. The second kappa shape index (κ2) is 5.92. The Labute approximate surface area is 132 Å². The van der Waals surface area contributed by atoms with Crippen LogP contribution in [0.1, 0.15) is 16.7 Å². The summed E-state index contributed by atoms with van der Waals surface area (Å²) in [4.78, 5) is 0. The van der Waals surface area contributed by atoms with Gasteiger partial charge in [-0.2, -0.15) is 0 Å². The highest BCUT2D eigenvalue weighted by atomic mass is 14.2. The molecule has 0 heteroatoms. The number of aryl methyl sites for hydroxylation is 1. The molecule has 0 N–H and O–H groups in total. The first kappa shape index (κ1) is 14.2. The second-order valence-corrected chi connectivity index (χ2v) is 5.49. The van der Waals surface area contributed by atoms with Crippen LogP contribution in [0.25, 0.3) is 22.3 Å². The van der Waals surface area contributed by atoms with E-state index in [-0.39, 0.29) is 0 Å². The normalized spacial score (nSPS) is 10.2. The summed E-state index contributed by atoms with van der Waals surface area (Å²) in [5, 5.41) is 0. The predicted molar refractivity (Wildman–Crippen MR) is 94.7 cm³/mol. The van der Waals surface area contributed by atoms with Crippen molar-refractivity contribution in [1.82, 2.24) is 0 Å². The maximum absolute atomic E-state index is 5.90. The minimum atomic E-state index is 0.973. The highest BCUT2D eigenvalue weighted by molar-refractivity contribution is 5.85. The van der Waals surface area contributed by atoms with E-state index in [1.807, 2.05) is 24.3 Å². The Kier molecular flexibility index (Phi) is 3.81. The van der Waals surface area contributed by atoms with Crippen molar-refractivity contribution in [2.45, 2.75) is 13.8 Å². The lowest BCUT2D eigenvalue weighted by Gasteiger charge is -2.17. The molecule has 3 aromatic rings. The highest BCUT2D eigenvalue weighted by Crippen LogP contribution is 2.36. The molecule has 0 bridgehead atoms. The van der Waals surface area contributed by atoms with E-state index in [0.717, 1.165) is 16.7 Å². The van der Waals surface area contributed by atoms with Crippen molar-refractivity contribution in [3.8, 4) is 34.6 Å². The lowest BCUT2D eigenvalue weighted by Crippen LogP contribution is -1.96. The van der Waals surface area contributed by atoms with Crippen LogP contribution in [0, 0.1) is 26.2 Å². The minimum Gasteiger partial charge on any atom is -0.115 e. The summed E-state index contributed by atoms with van der Waals surface area (Å²) in [5.41, 5.74) is 8.12. The first-order valence-electron chi connectivity index (χ1n) is 7.44. The van der Waals surface area contributed by atoms with Crippen LogP contribution in [0.3, 0.4) is 0 Å². The number of terminal acetylenes is 1. The molecule has 0 unspecified atom stereocenters. The van der Waals surface area contributed by atoms with E-state index in [1.165, 1.54) is 22.3 Å². The molecule has 0 radical (unpaired) electrons. The third kappa shape index (κ3) is 2.43. The van der Waals surface area contributed by atoms with Crippen molar-refractivity contribution in [3.05, 3.63) is 83.4 Å². The van der Waals surface area contributed by atoms with Gasteiger partial charge in [0.1, 0.15) is 0 Å². The zero-order chi connectivity index (χ0) is 15.5. The largest absolute Gasteiger partial charge is 0.115 e. The van der Waals surface area contributed by atoms with Crippen molar-refractivity contribution >= 4 is 0 Å². The Morgan fingerprint density at radius 3 is 1.86 bits per heavy atom. The molecule has 0 aliphatic heterocycles. The van der Waals surface area contributed by atoms with Crippen LogP contribution in [0.2, 0.25) is 0 Å². The standard InChI is InChI=1S/C22H18/c1-4-20-21(18-11-7-5-8-12-18)15-16(2)17(3)22(20)19-13-9-6-10-14-19/h1,5-15H,2-3H3. The molecule has 0 aromatic heterocycles. The zero-order valence-corrected chi connectivity index (χ0v) is 12.9. The van der Waals surface area contributed by atoms with E-state index in [0.29, 0.717) is 0 Å². The summed E-state index contributed by atoms with van der Waals surface area (Å²) in [7, 11) is 0. The van der Waals surface area contributed by atoms with Crippen molar-refractivity contribution in [2.24, 2.45) is 0 Å². The van der Waals surface area contributed by atoms with E-state index in [4.69, 9.17) is 6.42 Å². The SMILES string of the molecule is C#Cc1c(-c2ccccc2)cc(C)c(C)c1-c1ccccc1. The van der Waals surface area contributed by atoms with Gasteiger partial charge in [0.05, 0.1) is 0 Å². The molecule has 0 aliphatic carbocycles. The second-order valence-electron chi connectivity index (χ2n) is 5.49. The van der Waals surface area contributed by atoms with Crippen LogP contribution in [-0.2, 0) is 0 Å². The fraction of sp³-hybridized carbons (Fsp3) is 0.0909. The molecule has 22 heavy (non-hydrogen) atoms. The third-order valence-corrected chi connectivity index (χ3v) is 4.14. The van der Waals surface area contributed by atoms with Gasteiger partial charge in [0.25, 0.3) is 0 Å². The maximum atomic E-state index is 5.90. The first-order chi connectivity index (χ1) is 10.7. The van der Waals surface area contributed by atoms with Crippen LogP contribution in [0.15, 0.2) is 66.7 Å². The van der Waals surface area contributed by atoms with Gasteiger partial charge >= 0.3 is 0 Å². The van der Waals surface area contributed by atoms with Crippen molar-refractivity contribution in [3.63, 3.8) is 0 Å². The topological polar surface area (TPSA) is 0 Å². The van der Waals surface area contributed by atoms with E-state index in [1.54, 1.807) is 0 Å². The van der Waals surface area contributed by atoms with Crippen LogP contribution in [-0.4, -0.2) is 0 Å². The van der Waals surface area contributed by atoms with Gasteiger partial charge in [0.2, 0.25) is 0 Å². The van der Waals surface area contributed by atoms with Crippen molar-refractivity contribution in [2.75, 3.05) is 0 Å². The summed E-state index contributed by atoms with van der Waals surface area (Å²) in [6, 6.07) is 22.9. The lowest BCUT2D eigenvalue weighted by atomic mass is 9.86. The van der Waals surface area contributed by atoms with E-state index in [2.05, 4.69) is 62.2 Å². The monoisotopic (exact) mass is 282 g/mol. The molecule has 3 rings (SSSR count). The Balaban J connectivity index is 2.36. The van der Waals surface area contributed by atoms with E-state index < -0.39 is 0 Å². The molecule has 0 aliphatic rings. The average Bonchev–Trinajstić information content (AvgIpc) is 2.58. The molecule has 0 heterocycles. The van der Waals surface area contributed by atoms with Gasteiger partial charge in [-0.15, -0.1) is 6.42 Å². The molecule has 3 aromatic carbocycles. The molecule has 0 spiro atoms. The highest BCUT2D eigenvalue weighted by Gasteiger charge is 2.15. The molecular formula is C22H18. The van der Waals surface area contributed by atoms with Gasteiger partial charge in [0.15, 0.2) is 0 Å². The molecule has 0 saturated heterocycles. The van der Waals surface area contributed by atoms with Gasteiger partial charge in [-0.1, -0.05) is 66.6 Å². The van der Waals surface area contributed by atoms with Crippen LogP contribution in [0.5, 0.6) is 0 Å². The van der Waals surface area contributed by atoms with E-state index >= 15 is 0 Å². The van der Waals surface area contributed by atoms with Gasteiger partial charge in [-0.05, 0) is 47.7 Å². The first-order valence-corrected chi connectivity index (χ1v) is 7.44. The smallest absolute Gasteiger partial charge is 0.0402 e. The Bertz CT molecular complexity index is 835. The predicted octanol–water partition coefficient (Wildman–Crippen LogP) is 5.62. The summed E-state index contributed by atoms with van der Waals surface area (Å²) in [5.74, 6) is 2.93. The summed E-state index contributed by atoms with van der Waals surface area (Å²) in [6.45, 7) is 4.29. The van der Waals surface area contributed by atoms with E-state index in [9.17, 15) is 0 Å². The fourth-order valence-corrected chi connectivity index (χ4v) is 2.88. The third-order valence-electron chi connectivity index (χ3n) is 4.14. The van der Waals surface area contributed by atoms with Gasteiger partial charge < -0.3 is 0 Å². The summed E-state index contributed by atoms with van der Waals surface area (Å²) < 4.78 is 0. The van der Waals surface area contributed by atoms with Crippen LogP contribution in [0.4, 0.5) is 0 Å². The molecule has 0 atom stereocenters. The zero-order valence-electron chi connectivity index (χ0n) is 12.9. The number of hydrogen-bond acceptors (Lipinski definition) is 0. The van der Waals surface area contributed by atoms with Gasteiger partial charge in [0, 0.05) is 11.1 Å². The quantitative estimate of drug-likeness (QED) is 0.535. The minimum absolute atomic E-state index is 0.973. The van der Waals surface area contributed by atoms with Gasteiger partial charge in [-0.25, -0.2) is 0 Å². The molecule has 0 fully saturated rings. The van der Waals surface area contributed by atoms with Crippen molar-refractivity contribution in [1.29, 1.82) is 0 Å². The molecule has 106 valence electrons. The number of hydrogen-bond donors (Lipinski definition) is 0. The lowest BCUT2D eigenvalue weighted by molar-refractivity contribution is 1.33. The van der Waals surface area contributed by atoms with Crippen LogP contribution < -0.4 is 0 Å².